The molecule has 0 bridgehead atoms. The van der Waals surface area contributed by atoms with Crippen molar-refractivity contribution in [3.05, 3.63) is 0 Å². The predicted octanol–water partition coefficient (Wildman–Crippen LogP) is 19.8. The Balaban J connectivity index is -0.00000196. The fourth-order valence-electron chi connectivity index (χ4n) is 13.8. The van der Waals surface area contributed by atoms with Crippen molar-refractivity contribution in [2.75, 3.05) is 0 Å². The number of carbonyl (C=O) groups excluding carboxylic acids is 12. The first kappa shape index (κ1) is 105. The van der Waals surface area contributed by atoms with Crippen LogP contribution in [0.25, 0.3) is 0 Å². The monoisotopic (exact) mass is 1480 g/mol. The summed E-state index contributed by atoms with van der Waals surface area (Å²) >= 11 is 0. The molecule has 0 aromatic heterocycles. The maximum atomic E-state index is 14.7. The molecule has 0 aliphatic heterocycles. The van der Waals surface area contributed by atoms with Crippen molar-refractivity contribution < 1.29 is 57.5 Å². The van der Waals surface area contributed by atoms with Crippen LogP contribution in [0, 0.1) is 67.0 Å². The van der Waals surface area contributed by atoms with E-state index in [0.717, 1.165) is 12.8 Å². The number of nitrogens with one attached hydrogen (secondary N) is 4. The minimum Gasteiger partial charge on any atom is -0.346 e. The van der Waals surface area contributed by atoms with Crippen molar-refractivity contribution in [3.63, 3.8) is 0 Å². The molecule has 105 heavy (non-hydrogen) atoms. The van der Waals surface area contributed by atoms with Crippen molar-refractivity contribution in [3.8, 4) is 0 Å². The third kappa shape index (κ3) is 27.5. The molecule has 0 saturated carbocycles. The first-order chi connectivity index (χ1) is 48.0. The Morgan fingerprint density at radius 1 is 0.248 bits per heavy atom. The molecule has 0 aliphatic rings. The molecule has 2 amide bonds. The highest BCUT2D eigenvalue weighted by Gasteiger charge is 2.49. The number of rotatable bonds is 56. The van der Waals surface area contributed by atoms with Gasteiger partial charge in [-0.15, -0.1) is 0 Å². The highest BCUT2D eigenvalue weighted by atomic mass is 16.2. The van der Waals surface area contributed by atoms with Gasteiger partial charge in [0, 0.05) is 111 Å². The Kier molecular flexibility index (Phi) is 45.5. The van der Waals surface area contributed by atoms with Gasteiger partial charge in [-0.3, -0.25) is 57.5 Å². The molecule has 8 atom stereocenters. The van der Waals surface area contributed by atoms with E-state index in [1.54, 1.807) is 13.8 Å². The van der Waals surface area contributed by atoms with Crippen LogP contribution in [0.1, 0.15) is 396 Å². The maximum absolute atomic E-state index is 14.7. The van der Waals surface area contributed by atoms with E-state index >= 15 is 0 Å². The molecule has 0 rings (SSSR count). The predicted molar refractivity (Wildman–Crippen MR) is 435 cm³/mol. The molecule has 0 aromatic carbocycles. The molecule has 0 spiro atoms. The maximum Gasteiger partial charge on any atom is 0.224 e. The lowest BCUT2D eigenvalue weighted by Crippen LogP contribution is -2.56. The van der Waals surface area contributed by atoms with Crippen LogP contribution in [0.2, 0.25) is 0 Å². The average molecular weight is 1480 g/mol. The van der Waals surface area contributed by atoms with Gasteiger partial charge in [0.2, 0.25) is 11.8 Å². The van der Waals surface area contributed by atoms with Gasteiger partial charge in [-0.25, -0.2) is 0 Å². The molecular formula is C89H164N4O12. The van der Waals surface area contributed by atoms with E-state index in [-0.39, 0.29) is 104 Å². The van der Waals surface area contributed by atoms with Gasteiger partial charge in [0.25, 0.3) is 0 Å². The quantitative estimate of drug-likeness (QED) is 0.0442. The van der Waals surface area contributed by atoms with Gasteiger partial charge in [-0.2, -0.15) is 0 Å². The van der Waals surface area contributed by atoms with Crippen LogP contribution < -0.4 is 21.3 Å². The summed E-state index contributed by atoms with van der Waals surface area (Å²) in [6, 6.07) is -3.96. The van der Waals surface area contributed by atoms with Gasteiger partial charge in [0.05, 0.1) is 30.1 Å². The van der Waals surface area contributed by atoms with Gasteiger partial charge in [-0.05, 0) is 142 Å². The molecule has 8 unspecified atom stereocenters. The number of carbonyl (C=O) groups is 12. The second-order valence-electron chi connectivity index (χ2n) is 34.3. The summed E-state index contributed by atoms with van der Waals surface area (Å²) in [6.07, 6.45) is 11.5. The van der Waals surface area contributed by atoms with Crippen LogP contribution >= 0.6 is 0 Å². The van der Waals surface area contributed by atoms with Crippen LogP contribution in [0.5, 0.6) is 0 Å². The number of Topliss-reactive ketones (excluding diaryl/α,β-unsaturated/α-hetero) is 10. The molecule has 0 fully saturated rings. The third-order valence-electron chi connectivity index (χ3n) is 28.9. The number of hydrogen-bond acceptors (Lipinski definition) is 14. The van der Waals surface area contributed by atoms with Crippen molar-refractivity contribution >= 4 is 69.6 Å². The van der Waals surface area contributed by atoms with Crippen molar-refractivity contribution in [2.45, 2.75) is 431 Å². The van der Waals surface area contributed by atoms with Crippen molar-refractivity contribution in [1.82, 2.24) is 21.3 Å². The highest BCUT2D eigenvalue weighted by Crippen LogP contribution is 2.41. The normalized spacial score (nSPS) is 15.2. The standard InChI is InChI=1S/2C44H80N2O6.CH4/c1-17-40(12,18-2)34(47)27-31(38(51)42(14,21-5)22-6)30(11)37(50)32(46-44(16,25-9)26-10)29-36(49)45-33(39(52)43(15,23-7)24-8)28-35(48)41(13,19-3)20-4;1-17-40(12,18-2)34(47)27-31(30(11)37(50)32(46-44(16,25-9)26-10)28-35(48)41(13,19-3)20-4)39(52)45-33(38(51)43(15,23-7)24-8)29-36(49)42(14,21-5)22-6;/h30-33,46H,17-29H2,1-16H3,(H,45,49);30-33,46H,17-29H2,1-16H3,(H,45,52);1H4. The molecular weight excluding hydrogens is 1320 g/mol. The third-order valence-corrected chi connectivity index (χ3v) is 28.9. The van der Waals surface area contributed by atoms with Crippen LogP contribution in [0.3, 0.4) is 0 Å². The largest absolute Gasteiger partial charge is 0.346 e. The second kappa shape index (κ2) is 45.6. The zero-order chi connectivity index (χ0) is 81.8. The zero-order valence-corrected chi connectivity index (χ0v) is 72.9. The van der Waals surface area contributed by atoms with E-state index in [1.807, 2.05) is 208 Å². The van der Waals surface area contributed by atoms with Crippen LogP contribution in [-0.2, 0) is 57.5 Å². The smallest absolute Gasteiger partial charge is 0.224 e. The Morgan fingerprint density at radius 2 is 0.457 bits per heavy atom. The van der Waals surface area contributed by atoms with Crippen LogP contribution in [0.4, 0.5) is 0 Å². The van der Waals surface area contributed by atoms with E-state index in [1.165, 1.54) is 0 Å². The molecule has 16 heteroatoms. The van der Waals surface area contributed by atoms with Crippen molar-refractivity contribution in [2.24, 2.45) is 67.0 Å². The molecule has 0 heterocycles. The summed E-state index contributed by atoms with van der Waals surface area (Å²) < 4.78 is 0. The Labute approximate surface area is 643 Å². The minimum absolute atomic E-state index is 0. The Morgan fingerprint density at radius 3 is 0.714 bits per heavy atom. The lowest BCUT2D eigenvalue weighted by atomic mass is 9.67. The lowest BCUT2D eigenvalue weighted by Gasteiger charge is -2.38. The first-order valence-electron chi connectivity index (χ1n) is 41.5. The minimum atomic E-state index is -1.10. The first-order valence-corrected chi connectivity index (χ1v) is 41.5. The van der Waals surface area contributed by atoms with Gasteiger partial charge < -0.3 is 21.3 Å². The van der Waals surface area contributed by atoms with Crippen molar-refractivity contribution in [1.29, 1.82) is 0 Å². The lowest BCUT2D eigenvalue weighted by molar-refractivity contribution is -0.143. The van der Waals surface area contributed by atoms with Crippen LogP contribution in [-0.4, -0.2) is 105 Å². The summed E-state index contributed by atoms with van der Waals surface area (Å²) in [5, 5.41) is 12.9. The molecule has 4 N–H and O–H groups in total. The van der Waals surface area contributed by atoms with E-state index < -0.39 is 114 Å². The second-order valence-corrected chi connectivity index (χ2v) is 34.3. The topological polar surface area (TPSA) is 253 Å². The summed E-state index contributed by atoms with van der Waals surface area (Å²) in [5.74, 6) is -6.20. The van der Waals surface area contributed by atoms with Gasteiger partial charge >= 0.3 is 0 Å². The summed E-state index contributed by atoms with van der Waals surface area (Å²) in [6.45, 7) is 62.1. The summed E-state index contributed by atoms with van der Waals surface area (Å²) in [5.41, 5.74) is -6.27. The summed E-state index contributed by atoms with van der Waals surface area (Å²) in [4.78, 5) is 170. The van der Waals surface area contributed by atoms with E-state index in [4.69, 9.17) is 0 Å². The van der Waals surface area contributed by atoms with Gasteiger partial charge in [-0.1, -0.05) is 215 Å². The molecule has 612 valence electrons. The van der Waals surface area contributed by atoms with E-state index in [0.29, 0.717) is 116 Å². The van der Waals surface area contributed by atoms with Gasteiger partial charge in [0.15, 0.2) is 23.1 Å². The summed E-state index contributed by atoms with van der Waals surface area (Å²) in [7, 11) is 0. The number of ketones is 10. The molecule has 0 saturated heterocycles. The molecule has 16 nitrogen and oxygen atoms in total. The SMILES string of the molecule is C.CCC(C)(CC)NC(CC(=O)C(C)(CC)CC)C(=O)C(C)C(CC(=O)C(C)(CC)CC)C(=O)NC(CC(=O)C(C)(CC)CC)C(=O)C(C)(CC)CC.CCC(C)(CC)NC(CC(=O)NC(CC(=O)C(C)(CC)CC)C(=O)C(C)(CC)CC)C(=O)C(C)C(CC(=O)C(C)(CC)CC)C(=O)C(C)(CC)CC. The zero-order valence-electron chi connectivity index (χ0n) is 72.9. The highest BCUT2D eigenvalue weighted by molar-refractivity contribution is 6.03. The molecule has 0 aromatic rings. The fraction of sp³-hybridized carbons (Fsp3) is 0.865. The Bertz CT molecular complexity index is 2770. The van der Waals surface area contributed by atoms with Crippen LogP contribution in [0.15, 0.2) is 0 Å². The Hall–Kier alpha value is -4.44. The molecule has 0 aliphatic carbocycles. The average Bonchev–Trinajstić information content (AvgIpc) is 0.807. The van der Waals surface area contributed by atoms with E-state index in [9.17, 15) is 57.5 Å². The number of hydrogen-bond donors (Lipinski definition) is 4. The fourth-order valence-corrected chi connectivity index (χ4v) is 13.8. The van der Waals surface area contributed by atoms with E-state index in [2.05, 4.69) is 21.3 Å². The van der Waals surface area contributed by atoms with Gasteiger partial charge in [0.1, 0.15) is 34.7 Å². The molecule has 0 radical (unpaired) electrons. The number of amides is 2.